The number of nitrogens with zero attached hydrogens (tertiary/aromatic N) is 2. The van der Waals surface area contributed by atoms with Crippen molar-refractivity contribution in [1.29, 1.82) is 0 Å². The van der Waals surface area contributed by atoms with E-state index in [1.54, 1.807) is 18.4 Å². The van der Waals surface area contributed by atoms with Crippen molar-refractivity contribution >= 4 is 27.7 Å². The summed E-state index contributed by atoms with van der Waals surface area (Å²) in [7, 11) is 1.74. The van der Waals surface area contributed by atoms with Crippen LogP contribution in [0.25, 0.3) is 31.7 Å². The number of rotatable bonds is 10. The Labute approximate surface area is 235 Å². The molecule has 0 saturated carbocycles. The molecule has 0 spiro atoms. The van der Waals surface area contributed by atoms with Crippen molar-refractivity contribution in [2.75, 3.05) is 46.4 Å². The van der Waals surface area contributed by atoms with Crippen LogP contribution in [0.5, 0.6) is 11.5 Å². The molecule has 2 fully saturated rings. The molecule has 2 aliphatic heterocycles. The number of benzene rings is 3. The summed E-state index contributed by atoms with van der Waals surface area (Å²) in [5, 5.41) is 1.01. The van der Waals surface area contributed by atoms with E-state index >= 15 is 0 Å². The summed E-state index contributed by atoms with van der Waals surface area (Å²) in [4.78, 5) is 18.4. The number of ether oxygens (including phenoxy) is 2. The Morgan fingerprint density at radius 2 is 1.59 bits per heavy atom. The fourth-order valence-electron chi connectivity index (χ4n) is 5.97. The van der Waals surface area contributed by atoms with E-state index in [4.69, 9.17) is 9.47 Å². The second kappa shape index (κ2) is 11.9. The van der Waals surface area contributed by atoms with E-state index in [1.165, 1.54) is 44.3 Å². The molecule has 0 bridgehead atoms. The van der Waals surface area contributed by atoms with Crippen molar-refractivity contribution < 1.29 is 14.3 Å². The standard InChI is InChI=1S/C33H36N2O3S/c1-37-30-21-25(9-10-26(30)22-35-17-4-5-18-35)28-7-6-8-31-32(28)29(23-36)33(39-31)24-11-13-27(14-12-24)38-20-19-34-15-2-3-16-34/h6-14,21,23H,2-5,15-20,22H2,1H3. The summed E-state index contributed by atoms with van der Waals surface area (Å²) < 4.78 is 12.9. The van der Waals surface area contributed by atoms with Gasteiger partial charge in [0.2, 0.25) is 0 Å². The lowest BCUT2D eigenvalue weighted by molar-refractivity contribution is 0.112. The molecule has 0 amide bonds. The fourth-order valence-corrected chi connectivity index (χ4v) is 7.17. The van der Waals surface area contributed by atoms with E-state index in [9.17, 15) is 4.79 Å². The van der Waals surface area contributed by atoms with Crippen LogP contribution in [-0.4, -0.2) is 62.5 Å². The highest BCUT2D eigenvalue weighted by molar-refractivity contribution is 7.22. The summed E-state index contributed by atoms with van der Waals surface area (Å²) in [5.74, 6) is 1.77. The minimum atomic E-state index is 0.700. The number of thiophene rings is 1. The molecule has 2 aliphatic rings. The number of hydrogen-bond acceptors (Lipinski definition) is 6. The molecule has 0 atom stereocenters. The highest BCUT2D eigenvalue weighted by Gasteiger charge is 2.19. The van der Waals surface area contributed by atoms with Crippen LogP contribution >= 0.6 is 11.3 Å². The zero-order valence-corrected chi connectivity index (χ0v) is 23.5. The Bertz CT molecular complexity index is 1430. The number of methoxy groups -OCH3 is 1. The first kappa shape index (κ1) is 26.1. The quantitative estimate of drug-likeness (QED) is 0.200. The maximum Gasteiger partial charge on any atom is 0.152 e. The van der Waals surface area contributed by atoms with Crippen LogP contribution in [0.4, 0.5) is 0 Å². The third-order valence-corrected chi connectivity index (χ3v) is 9.27. The molecule has 3 heterocycles. The Balaban J connectivity index is 1.27. The van der Waals surface area contributed by atoms with Crippen LogP contribution in [0.3, 0.4) is 0 Å². The smallest absolute Gasteiger partial charge is 0.152 e. The molecule has 2 saturated heterocycles. The van der Waals surface area contributed by atoms with E-state index in [1.807, 2.05) is 12.1 Å². The molecule has 0 radical (unpaired) electrons. The first-order valence-corrected chi connectivity index (χ1v) is 14.9. The van der Waals surface area contributed by atoms with E-state index in [0.29, 0.717) is 6.61 Å². The Morgan fingerprint density at radius 1 is 0.872 bits per heavy atom. The van der Waals surface area contributed by atoms with Crippen LogP contribution in [0.15, 0.2) is 60.7 Å². The zero-order valence-electron chi connectivity index (χ0n) is 22.7. The molecule has 6 rings (SSSR count). The molecule has 6 heteroatoms. The average molecular weight is 541 g/mol. The highest BCUT2D eigenvalue weighted by Crippen LogP contribution is 2.43. The molecule has 0 aliphatic carbocycles. The van der Waals surface area contributed by atoms with Crippen molar-refractivity contribution in [3.63, 3.8) is 0 Å². The molecule has 5 nitrogen and oxygen atoms in total. The molecular formula is C33H36N2O3S. The van der Waals surface area contributed by atoms with Crippen LogP contribution in [0.2, 0.25) is 0 Å². The lowest BCUT2D eigenvalue weighted by Crippen LogP contribution is -2.25. The maximum absolute atomic E-state index is 12.5. The van der Waals surface area contributed by atoms with Crippen LogP contribution in [0.1, 0.15) is 41.6 Å². The monoisotopic (exact) mass is 540 g/mol. The van der Waals surface area contributed by atoms with E-state index in [0.717, 1.165) is 81.2 Å². The van der Waals surface area contributed by atoms with Gasteiger partial charge >= 0.3 is 0 Å². The summed E-state index contributed by atoms with van der Waals surface area (Å²) >= 11 is 1.67. The van der Waals surface area contributed by atoms with Gasteiger partial charge in [-0.15, -0.1) is 11.3 Å². The zero-order chi connectivity index (χ0) is 26.6. The van der Waals surface area contributed by atoms with E-state index < -0.39 is 0 Å². The maximum atomic E-state index is 12.5. The van der Waals surface area contributed by atoms with E-state index in [2.05, 4.69) is 58.3 Å². The largest absolute Gasteiger partial charge is 0.496 e. The average Bonchev–Trinajstić information content (AvgIpc) is 3.75. The van der Waals surface area contributed by atoms with Gasteiger partial charge in [-0.2, -0.15) is 0 Å². The minimum Gasteiger partial charge on any atom is -0.496 e. The van der Waals surface area contributed by atoms with Gasteiger partial charge in [0, 0.05) is 39.2 Å². The molecule has 202 valence electrons. The lowest BCUT2D eigenvalue weighted by Gasteiger charge is -2.18. The highest BCUT2D eigenvalue weighted by atomic mass is 32.1. The van der Waals surface area contributed by atoms with Gasteiger partial charge in [-0.05, 0) is 105 Å². The predicted octanol–water partition coefficient (Wildman–Crippen LogP) is 7.13. The molecule has 4 aromatic rings. The first-order valence-electron chi connectivity index (χ1n) is 14.1. The Kier molecular flexibility index (Phi) is 7.95. The number of carbonyl (C=O) groups excluding carboxylic acids is 1. The summed E-state index contributed by atoms with van der Waals surface area (Å²) in [6.07, 6.45) is 6.14. The Morgan fingerprint density at radius 3 is 2.31 bits per heavy atom. The van der Waals surface area contributed by atoms with Gasteiger partial charge in [-0.25, -0.2) is 0 Å². The number of likely N-dealkylation sites (tertiary alicyclic amines) is 2. The van der Waals surface area contributed by atoms with Crippen molar-refractivity contribution in [1.82, 2.24) is 9.80 Å². The molecule has 39 heavy (non-hydrogen) atoms. The fraction of sp³-hybridized carbons (Fsp3) is 0.364. The van der Waals surface area contributed by atoms with E-state index in [-0.39, 0.29) is 0 Å². The summed E-state index contributed by atoms with van der Waals surface area (Å²) in [5.41, 5.74) is 5.12. The molecule has 0 N–H and O–H groups in total. The van der Waals surface area contributed by atoms with Crippen molar-refractivity contribution in [2.24, 2.45) is 0 Å². The van der Waals surface area contributed by atoms with Crippen molar-refractivity contribution in [3.8, 4) is 33.1 Å². The van der Waals surface area contributed by atoms with Gasteiger partial charge in [0.05, 0.1) is 7.11 Å². The number of hydrogen-bond donors (Lipinski definition) is 0. The van der Waals surface area contributed by atoms with Gasteiger partial charge in [0.1, 0.15) is 18.1 Å². The SMILES string of the molecule is COc1cc(-c2cccc3sc(-c4ccc(OCCN5CCCC5)cc4)c(C=O)c23)ccc1CN1CCCC1. The lowest BCUT2D eigenvalue weighted by atomic mass is 9.96. The second-order valence-corrected chi connectivity index (χ2v) is 11.6. The molecular weight excluding hydrogens is 504 g/mol. The number of aldehydes is 1. The predicted molar refractivity (Wildman–Crippen MR) is 160 cm³/mol. The molecule has 1 aromatic heterocycles. The summed E-state index contributed by atoms with van der Waals surface area (Å²) in [6.45, 7) is 7.24. The number of carbonyl (C=O) groups is 1. The van der Waals surface area contributed by atoms with Crippen LogP contribution in [0, 0.1) is 0 Å². The van der Waals surface area contributed by atoms with Gasteiger partial charge < -0.3 is 9.47 Å². The number of fused-ring (bicyclic) bond motifs is 1. The normalized spacial score (nSPS) is 16.2. The van der Waals surface area contributed by atoms with Crippen LogP contribution < -0.4 is 9.47 Å². The first-order chi connectivity index (χ1) is 19.2. The van der Waals surface area contributed by atoms with Gasteiger partial charge in [0.15, 0.2) is 6.29 Å². The molecule has 0 unspecified atom stereocenters. The van der Waals surface area contributed by atoms with Gasteiger partial charge in [-0.1, -0.05) is 24.3 Å². The topological polar surface area (TPSA) is 42.0 Å². The third-order valence-electron chi connectivity index (χ3n) is 8.05. The Hall–Kier alpha value is -3.19. The van der Waals surface area contributed by atoms with Gasteiger partial charge in [-0.3, -0.25) is 14.6 Å². The third kappa shape index (κ3) is 5.60. The van der Waals surface area contributed by atoms with Crippen LogP contribution in [-0.2, 0) is 6.54 Å². The van der Waals surface area contributed by atoms with Crippen molar-refractivity contribution in [3.05, 3.63) is 71.8 Å². The van der Waals surface area contributed by atoms with Gasteiger partial charge in [0.25, 0.3) is 0 Å². The molecule has 3 aromatic carbocycles. The summed E-state index contributed by atoms with van der Waals surface area (Å²) in [6, 6.07) is 20.9. The minimum absolute atomic E-state index is 0.700. The van der Waals surface area contributed by atoms with Crippen molar-refractivity contribution in [2.45, 2.75) is 32.2 Å². The second-order valence-electron chi connectivity index (χ2n) is 10.6.